The Kier molecular flexibility index (Phi) is 10.9. The van der Waals surface area contributed by atoms with Gasteiger partial charge in [0.25, 0.3) is 12.4 Å². The van der Waals surface area contributed by atoms with Crippen LogP contribution in [0.15, 0.2) is 84.9 Å². The van der Waals surface area contributed by atoms with Crippen molar-refractivity contribution in [2.75, 3.05) is 13.7 Å². The van der Waals surface area contributed by atoms with Gasteiger partial charge in [0, 0.05) is 17.6 Å². The van der Waals surface area contributed by atoms with Crippen molar-refractivity contribution in [3.05, 3.63) is 102 Å². The van der Waals surface area contributed by atoms with Gasteiger partial charge in [0.2, 0.25) is 0 Å². The van der Waals surface area contributed by atoms with E-state index in [-0.39, 0.29) is 12.4 Å². The third kappa shape index (κ3) is 8.88. The molecule has 0 aliphatic carbocycles. The Labute approximate surface area is 206 Å². The topological polar surface area (TPSA) is 108 Å². The Morgan fingerprint density at radius 2 is 1.60 bits per heavy atom. The molecule has 0 heterocycles. The molecule has 0 spiro atoms. The van der Waals surface area contributed by atoms with E-state index in [1.807, 2.05) is 72.8 Å². The minimum atomic E-state index is -0.784. The highest BCUT2D eigenvalue weighted by molar-refractivity contribution is 5.94. The number of aliphatic hydroxyl groups excluding tert-OH is 1. The number of hydrogen-bond donors (Lipinski definition) is 4. The lowest BCUT2D eigenvalue weighted by molar-refractivity contribution is -0.122. The van der Waals surface area contributed by atoms with Crippen LogP contribution in [-0.4, -0.2) is 48.4 Å². The lowest BCUT2D eigenvalue weighted by Crippen LogP contribution is -2.51. The minimum Gasteiger partial charge on any atom is -0.497 e. The van der Waals surface area contributed by atoms with Gasteiger partial charge in [-0.3, -0.25) is 9.59 Å². The third-order valence-corrected chi connectivity index (χ3v) is 5.66. The first kappa shape index (κ1) is 27.6. The van der Waals surface area contributed by atoms with Gasteiger partial charge in [-0.05, 0) is 55.7 Å². The fourth-order valence-corrected chi connectivity index (χ4v) is 3.61. The molecule has 0 bridgehead atoms. The maximum atomic E-state index is 12.8. The molecule has 186 valence electrons. The fourth-order valence-electron chi connectivity index (χ4n) is 3.61. The smallest absolute Gasteiger partial charge is 0.290 e. The summed E-state index contributed by atoms with van der Waals surface area (Å²) in [6.45, 7) is 4.18. The molecule has 0 aliphatic rings. The zero-order valence-electron chi connectivity index (χ0n) is 20.3. The number of carboxylic acid groups (broad SMARTS) is 1. The Bertz CT molecular complexity index is 1040. The molecule has 0 saturated heterocycles. The Balaban J connectivity index is 0.00000137. The molecule has 0 saturated carbocycles. The van der Waals surface area contributed by atoms with Gasteiger partial charge in [0.15, 0.2) is 0 Å². The van der Waals surface area contributed by atoms with E-state index < -0.39 is 17.7 Å². The molecule has 0 fully saturated rings. The highest BCUT2D eigenvalue weighted by atomic mass is 16.5. The molecule has 3 aromatic rings. The highest BCUT2D eigenvalue weighted by Gasteiger charge is 2.26. The van der Waals surface area contributed by atoms with Crippen LogP contribution >= 0.6 is 0 Å². The molecule has 7 nitrogen and oxygen atoms in total. The van der Waals surface area contributed by atoms with Crippen molar-refractivity contribution in [1.29, 1.82) is 0 Å². The molecule has 35 heavy (non-hydrogen) atoms. The molecule has 0 radical (unpaired) electrons. The summed E-state index contributed by atoms with van der Waals surface area (Å²) < 4.78 is 5.34. The van der Waals surface area contributed by atoms with Gasteiger partial charge in [0.1, 0.15) is 5.75 Å². The van der Waals surface area contributed by atoms with Gasteiger partial charge in [-0.2, -0.15) is 0 Å². The van der Waals surface area contributed by atoms with E-state index in [9.17, 15) is 9.90 Å². The van der Waals surface area contributed by atoms with Crippen LogP contribution < -0.4 is 15.4 Å². The van der Waals surface area contributed by atoms with Crippen molar-refractivity contribution in [2.24, 2.45) is 0 Å². The fraction of sp³-hybridized carbons (Fsp3) is 0.286. The van der Waals surface area contributed by atoms with Crippen molar-refractivity contribution in [1.82, 2.24) is 10.6 Å². The molecular formula is C28H34N2O5. The maximum absolute atomic E-state index is 12.8. The number of amides is 1. The number of carbonyl (C=O) groups excluding carboxylic acids is 1. The summed E-state index contributed by atoms with van der Waals surface area (Å²) in [6, 6.07) is 26.4. The zero-order valence-corrected chi connectivity index (χ0v) is 20.3. The lowest BCUT2D eigenvalue weighted by atomic mass is 9.93. The first-order valence-electron chi connectivity index (χ1n) is 11.4. The second-order valence-corrected chi connectivity index (χ2v) is 8.55. The summed E-state index contributed by atoms with van der Waals surface area (Å²) in [6.07, 6.45) is -0.255. The quantitative estimate of drug-likeness (QED) is 0.332. The van der Waals surface area contributed by atoms with Gasteiger partial charge in [-0.25, -0.2) is 0 Å². The summed E-state index contributed by atoms with van der Waals surface area (Å²) in [5, 5.41) is 24.4. The van der Waals surface area contributed by atoms with Crippen molar-refractivity contribution < 1.29 is 24.5 Å². The average molecular weight is 479 g/mol. The van der Waals surface area contributed by atoms with E-state index >= 15 is 0 Å². The molecule has 1 amide bonds. The number of rotatable bonds is 10. The van der Waals surface area contributed by atoms with E-state index in [1.54, 1.807) is 19.2 Å². The molecule has 7 heteroatoms. The van der Waals surface area contributed by atoms with Gasteiger partial charge in [0.05, 0.1) is 19.3 Å². The number of aliphatic hydroxyl groups is 1. The first-order valence-corrected chi connectivity index (χ1v) is 11.4. The van der Waals surface area contributed by atoms with E-state index in [0.29, 0.717) is 18.5 Å². The summed E-state index contributed by atoms with van der Waals surface area (Å²) in [5.74, 6) is 0.590. The van der Waals surface area contributed by atoms with Crippen LogP contribution in [0.5, 0.6) is 5.75 Å². The average Bonchev–Trinajstić information content (AvgIpc) is 2.88. The summed E-state index contributed by atoms with van der Waals surface area (Å²) in [7, 11) is 1.65. The monoisotopic (exact) mass is 478 g/mol. The zero-order chi connectivity index (χ0) is 25.7. The molecular weight excluding hydrogens is 444 g/mol. The molecule has 0 aromatic heterocycles. The Morgan fingerprint density at radius 3 is 2.20 bits per heavy atom. The van der Waals surface area contributed by atoms with Crippen LogP contribution in [0, 0.1) is 0 Å². The second-order valence-electron chi connectivity index (χ2n) is 8.55. The molecule has 0 unspecified atom stereocenters. The van der Waals surface area contributed by atoms with Crippen LogP contribution in [0.25, 0.3) is 0 Å². The minimum absolute atomic E-state index is 0.197. The van der Waals surface area contributed by atoms with Crippen LogP contribution in [0.2, 0.25) is 0 Å². The van der Waals surface area contributed by atoms with Gasteiger partial charge < -0.3 is 25.6 Å². The summed E-state index contributed by atoms with van der Waals surface area (Å²) in [4.78, 5) is 21.1. The number of methoxy groups -OCH3 is 1. The predicted octanol–water partition coefficient (Wildman–Crippen LogP) is 3.62. The molecule has 4 N–H and O–H groups in total. The van der Waals surface area contributed by atoms with E-state index in [1.165, 1.54) is 0 Å². The lowest BCUT2D eigenvalue weighted by Gasteiger charge is -2.31. The molecule has 2 atom stereocenters. The number of carbonyl (C=O) groups is 2. The van der Waals surface area contributed by atoms with Crippen molar-refractivity contribution in [3.63, 3.8) is 0 Å². The number of ether oxygens (including phenoxy) is 1. The van der Waals surface area contributed by atoms with Crippen molar-refractivity contribution in [2.45, 2.75) is 38.0 Å². The van der Waals surface area contributed by atoms with Gasteiger partial charge in [-0.15, -0.1) is 0 Å². The van der Waals surface area contributed by atoms with Crippen molar-refractivity contribution >= 4 is 12.4 Å². The first-order chi connectivity index (χ1) is 16.8. The molecule has 0 aliphatic heterocycles. The highest BCUT2D eigenvalue weighted by Crippen LogP contribution is 2.24. The Morgan fingerprint density at radius 1 is 1.00 bits per heavy atom. The Hall–Kier alpha value is -3.68. The van der Waals surface area contributed by atoms with Crippen LogP contribution in [-0.2, 0) is 16.8 Å². The standard InChI is InChI=1S/C27H32N2O3.CH2O2/c1-27(2,22-15-10-16-23(18-22)32-3)28-19-25(30)24(17-20-11-6-4-7-12-20)29-26(31)21-13-8-5-9-14-21;2-1-3/h4-16,18,24-25,28,30H,17,19H2,1-3H3,(H,29,31);1H,(H,2,3)/t24-,25+;/m0./s1. The summed E-state index contributed by atoms with van der Waals surface area (Å²) >= 11 is 0. The predicted molar refractivity (Wildman–Crippen MR) is 137 cm³/mol. The van der Waals surface area contributed by atoms with Crippen LogP contribution in [0.4, 0.5) is 0 Å². The number of nitrogens with one attached hydrogen (secondary N) is 2. The third-order valence-electron chi connectivity index (χ3n) is 5.66. The second kappa shape index (κ2) is 13.9. The van der Waals surface area contributed by atoms with E-state index in [2.05, 4.69) is 24.5 Å². The van der Waals surface area contributed by atoms with Crippen molar-refractivity contribution in [3.8, 4) is 5.75 Å². The van der Waals surface area contributed by atoms with Crippen LogP contribution in [0.1, 0.15) is 35.3 Å². The van der Waals surface area contributed by atoms with Gasteiger partial charge in [-0.1, -0.05) is 60.7 Å². The molecule has 3 aromatic carbocycles. The maximum Gasteiger partial charge on any atom is 0.290 e. The summed E-state index contributed by atoms with van der Waals surface area (Å²) in [5.41, 5.74) is 2.28. The van der Waals surface area contributed by atoms with E-state index in [0.717, 1.165) is 16.9 Å². The molecule has 3 rings (SSSR count). The van der Waals surface area contributed by atoms with Crippen LogP contribution in [0.3, 0.4) is 0 Å². The normalized spacial score (nSPS) is 12.5. The van der Waals surface area contributed by atoms with Gasteiger partial charge >= 0.3 is 0 Å². The SMILES string of the molecule is COc1cccc(C(C)(C)NC[C@@H](O)[C@H](Cc2ccccc2)NC(=O)c2ccccc2)c1.O=CO. The number of benzene rings is 3. The largest absolute Gasteiger partial charge is 0.497 e. The number of hydrogen-bond acceptors (Lipinski definition) is 5. The van der Waals surface area contributed by atoms with E-state index in [4.69, 9.17) is 14.6 Å².